The molecule has 1 aromatic heterocycles. The molecule has 53 heavy (non-hydrogen) atoms. The van der Waals surface area contributed by atoms with Gasteiger partial charge in [-0.1, -0.05) is 63.1 Å². The molecule has 3 heterocycles. The monoisotopic (exact) mass is 716 g/mol. The molecule has 9 nitrogen and oxygen atoms in total. The number of carbonyl (C=O) groups is 4. The summed E-state index contributed by atoms with van der Waals surface area (Å²) in [5.74, 6) is -1.08. The van der Waals surface area contributed by atoms with Crippen LogP contribution in [-0.4, -0.2) is 73.7 Å². The van der Waals surface area contributed by atoms with Gasteiger partial charge >= 0.3 is 5.97 Å². The molecule has 0 radical (unpaired) electrons. The molecule has 278 valence electrons. The van der Waals surface area contributed by atoms with Crippen molar-refractivity contribution < 1.29 is 24.3 Å². The van der Waals surface area contributed by atoms with Crippen molar-refractivity contribution in [3.63, 3.8) is 0 Å². The first kappa shape index (κ1) is 37.6. The van der Waals surface area contributed by atoms with Gasteiger partial charge < -0.3 is 24.4 Å². The average molecular weight is 717 g/mol. The van der Waals surface area contributed by atoms with E-state index >= 15 is 0 Å². The Balaban J connectivity index is 1.37. The van der Waals surface area contributed by atoms with Crippen LogP contribution in [0.5, 0.6) is 0 Å². The smallest absolute Gasteiger partial charge is 0.335 e. The third kappa shape index (κ3) is 7.94. The number of nitrogens with zero attached hydrogens (tertiary/aromatic N) is 4. The lowest BCUT2D eigenvalue weighted by atomic mass is 9.89. The van der Waals surface area contributed by atoms with Crippen molar-refractivity contribution in [1.82, 2.24) is 19.3 Å². The van der Waals surface area contributed by atoms with Crippen molar-refractivity contribution in [1.29, 1.82) is 0 Å². The van der Waals surface area contributed by atoms with E-state index in [9.17, 15) is 24.3 Å². The number of benzene rings is 3. The molecule has 9 heteroatoms. The molecule has 3 aromatic carbocycles. The van der Waals surface area contributed by atoms with E-state index in [1.165, 1.54) is 17.7 Å². The zero-order valence-corrected chi connectivity index (χ0v) is 31.8. The minimum atomic E-state index is -1.00. The molecule has 4 aromatic rings. The first-order chi connectivity index (χ1) is 25.5. The van der Waals surface area contributed by atoms with Gasteiger partial charge in [-0.05, 0) is 97.7 Å². The standard InChI is InChI=1S/C44H52N4O5/c1-6-8-19-46(20-9-7-2)42(50)37-26-40(45(5)30(37)4)38-24-34-18-21-47(41(49)23-31-14-16-32(17-15-31)44(52)53)27-36(34)25-39(38)43(51)48-28-35-13-11-10-12-33(35)22-29(48)3/h10-17,24-26,29H,6-9,18-23,27-28H2,1-5H3,(H,52,53)/t29-/m1/s1. The van der Waals surface area contributed by atoms with E-state index in [-0.39, 0.29) is 35.7 Å². The number of hydrogen-bond donors (Lipinski definition) is 1. The number of unbranched alkanes of at least 4 members (excludes halogenated alkanes) is 2. The van der Waals surface area contributed by atoms with Gasteiger partial charge in [0.25, 0.3) is 11.8 Å². The van der Waals surface area contributed by atoms with Crippen molar-refractivity contribution in [3.05, 3.63) is 117 Å². The van der Waals surface area contributed by atoms with Crippen LogP contribution >= 0.6 is 0 Å². The van der Waals surface area contributed by atoms with E-state index in [0.29, 0.717) is 37.2 Å². The van der Waals surface area contributed by atoms with Crippen LogP contribution < -0.4 is 0 Å². The lowest BCUT2D eigenvalue weighted by Gasteiger charge is -2.36. The van der Waals surface area contributed by atoms with E-state index in [4.69, 9.17) is 0 Å². The highest BCUT2D eigenvalue weighted by Crippen LogP contribution is 2.35. The van der Waals surface area contributed by atoms with E-state index in [1.54, 1.807) is 12.1 Å². The summed E-state index contributed by atoms with van der Waals surface area (Å²) in [5.41, 5.74) is 9.11. The SMILES string of the molecule is CCCCN(CCCC)C(=O)c1cc(-c2cc3c(cc2C(=O)N2Cc4ccccc4C[C@H]2C)CN(C(=O)Cc2ccc(C(=O)O)cc2)CC3)n(C)c1C. The number of rotatable bonds is 12. The number of aromatic carboxylic acids is 1. The fourth-order valence-corrected chi connectivity index (χ4v) is 7.73. The highest BCUT2D eigenvalue weighted by atomic mass is 16.4. The molecular formula is C44H52N4O5. The number of fused-ring (bicyclic) bond motifs is 2. The van der Waals surface area contributed by atoms with Crippen LogP contribution in [0.3, 0.4) is 0 Å². The second-order valence-electron chi connectivity index (χ2n) is 14.8. The van der Waals surface area contributed by atoms with Gasteiger partial charge in [0.15, 0.2) is 0 Å². The normalized spacial score (nSPS) is 15.2. The fraction of sp³-hybridized carbons (Fsp3) is 0.409. The number of carboxylic acids is 1. The van der Waals surface area contributed by atoms with Crippen LogP contribution in [0, 0.1) is 6.92 Å². The summed E-state index contributed by atoms with van der Waals surface area (Å²) in [6.07, 6.45) is 5.49. The average Bonchev–Trinajstić information content (AvgIpc) is 3.46. The van der Waals surface area contributed by atoms with E-state index in [0.717, 1.165) is 84.4 Å². The van der Waals surface area contributed by atoms with Gasteiger partial charge in [-0.15, -0.1) is 0 Å². The molecular weight excluding hydrogens is 665 g/mol. The molecule has 1 N–H and O–H groups in total. The second-order valence-corrected chi connectivity index (χ2v) is 14.8. The quantitative estimate of drug-likeness (QED) is 0.164. The number of amides is 3. The molecule has 0 saturated heterocycles. The van der Waals surface area contributed by atoms with Gasteiger partial charge in [0.1, 0.15) is 0 Å². The minimum Gasteiger partial charge on any atom is -0.478 e. The third-order valence-corrected chi connectivity index (χ3v) is 11.2. The van der Waals surface area contributed by atoms with Crippen LogP contribution in [0.4, 0.5) is 0 Å². The molecule has 0 saturated carbocycles. The molecule has 2 aliphatic rings. The summed E-state index contributed by atoms with van der Waals surface area (Å²) >= 11 is 0. The number of aromatic nitrogens is 1. The molecule has 0 bridgehead atoms. The Labute approximate surface area is 313 Å². The second kappa shape index (κ2) is 16.2. The van der Waals surface area contributed by atoms with Gasteiger partial charge in [0, 0.05) is 68.3 Å². The summed E-state index contributed by atoms with van der Waals surface area (Å²) in [6, 6.07) is 20.8. The van der Waals surface area contributed by atoms with Crippen LogP contribution in [0.2, 0.25) is 0 Å². The molecule has 0 fully saturated rings. The van der Waals surface area contributed by atoms with Crippen LogP contribution in [0.15, 0.2) is 66.7 Å². The van der Waals surface area contributed by atoms with Gasteiger partial charge in [0.2, 0.25) is 5.91 Å². The predicted molar refractivity (Wildman–Crippen MR) is 207 cm³/mol. The van der Waals surface area contributed by atoms with Crippen LogP contribution in [-0.2, 0) is 44.2 Å². The van der Waals surface area contributed by atoms with Crippen LogP contribution in [0.25, 0.3) is 11.3 Å². The zero-order chi connectivity index (χ0) is 37.8. The number of hydrogen-bond acceptors (Lipinski definition) is 4. The Hall–Kier alpha value is -5.18. The third-order valence-electron chi connectivity index (χ3n) is 11.2. The van der Waals surface area contributed by atoms with Gasteiger partial charge in [-0.25, -0.2) is 4.79 Å². The number of carbonyl (C=O) groups excluding carboxylic acids is 3. The van der Waals surface area contributed by atoms with Gasteiger partial charge in [-0.2, -0.15) is 0 Å². The first-order valence-electron chi connectivity index (χ1n) is 19.1. The van der Waals surface area contributed by atoms with E-state index < -0.39 is 5.97 Å². The predicted octanol–water partition coefficient (Wildman–Crippen LogP) is 7.46. The molecule has 0 aliphatic carbocycles. The van der Waals surface area contributed by atoms with Crippen molar-refractivity contribution in [2.45, 2.75) is 91.8 Å². The molecule has 0 spiro atoms. The minimum absolute atomic E-state index is 0.00940. The zero-order valence-electron chi connectivity index (χ0n) is 31.8. The Morgan fingerprint density at radius 2 is 1.51 bits per heavy atom. The molecule has 6 rings (SSSR count). The highest BCUT2D eigenvalue weighted by Gasteiger charge is 2.32. The Bertz CT molecular complexity index is 2000. The maximum atomic E-state index is 14.8. The fourth-order valence-electron chi connectivity index (χ4n) is 7.73. The van der Waals surface area contributed by atoms with Crippen molar-refractivity contribution >= 4 is 23.7 Å². The number of carboxylic acid groups (broad SMARTS) is 1. The largest absolute Gasteiger partial charge is 0.478 e. The Kier molecular flexibility index (Phi) is 11.5. The summed E-state index contributed by atoms with van der Waals surface area (Å²) < 4.78 is 2.05. The lowest BCUT2D eigenvalue weighted by molar-refractivity contribution is -0.131. The van der Waals surface area contributed by atoms with Gasteiger partial charge in [-0.3, -0.25) is 14.4 Å². The topological polar surface area (TPSA) is 103 Å². The Morgan fingerprint density at radius 1 is 0.830 bits per heavy atom. The maximum absolute atomic E-state index is 14.8. The molecule has 1 atom stereocenters. The summed E-state index contributed by atoms with van der Waals surface area (Å²) in [4.78, 5) is 59.5. The van der Waals surface area contributed by atoms with E-state index in [1.807, 2.05) is 57.5 Å². The van der Waals surface area contributed by atoms with Gasteiger partial charge in [0.05, 0.1) is 17.5 Å². The summed E-state index contributed by atoms with van der Waals surface area (Å²) in [6.45, 7) is 11.2. The van der Waals surface area contributed by atoms with Crippen molar-refractivity contribution in [2.24, 2.45) is 7.05 Å². The van der Waals surface area contributed by atoms with Crippen molar-refractivity contribution in [3.8, 4) is 11.3 Å². The maximum Gasteiger partial charge on any atom is 0.335 e. The highest BCUT2D eigenvalue weighted by molar-refractivity contribution is 6.03. The molecule has 3 amide bonds. The Morgan fingerprint density at radius 3 is 2.17 bits per heavy atom. The van der Waals surface area contributed by atoms with E-state index in [2.05, 4.69) is 39.0 Å². The molecule has 0 unspecified atom stereocenters. The summed E-state index contributed by atoms with van der Waals surface area (Å²) in [7, 11) is 1.97. The first-order valence-corrected chi connectivity index (χ1v) is 19.1. The summed E-state index contributed by atoms with van der Waals surface area (Å²) in [5, 5.41) is 9.26. The van der Waals surface area contributed by atoms with Crippen LogP contribution in [0.1, 0.15) is 111 Å². The van der Waals surface area contributed by atoms with Crippen molar-refractivity contribution in [2.75, 3.05) is 19.6 Å². The molecule has 2 aliphatic heterocycles. The lowest BCUT2D eigenvalue weighted by Crippen LogP contribution is -2.43.